The predicted molar refractivity (Wildman–Crippen MR) is 154 cm³/mol. The molecule has 2 aromatic carbocycles. The lowest BCUT2D eigenvalue weighted by Gasteiger charge is -2.18. The Labute approximate surface area is 234 Å². The zero-order valence-electron chi connectivity index (χ0n) is 23.3. The van der Waals surface area contributed by atoms with E-state index in [2.05, 4.69) is 5.10 Å². The summed E-state index contributed by atoms with van der Waals surface area (Å²) in [5, 5.41) is 12.7. The molecule has 1 unspecified atom stereocenters. The highest BCUT2D eigenvalue weighted by atomic mass is 32.2. The van der Waals surface area contributed by atoms with Gasteiger partial charge < -0.3 is 24.2 Å². The number of aliphatic hydroxyl groups excluding tert-OH is 1. The lowest BCUT2D eigenvalue weighted by molar-refractivity contribution is -0.525. The maximum atomic E-state index is 13.6. The Bertz CT molecular complexity index is 1510. The zero-order chi connectivity index (χ0) is 28.7. The summed E-state index contributed by atoms with van der Waals surface area (Å²) in [6.45, 7) is 1.60. The van der Waals surface area contributed by atoms with Gasteiger partial charge in [-0.3, -0.25) is 0 Å². The predicted octanol–water partition coefficient (Wildman–Crippen LogP) is 1.93. The normalized spacial score (nSPS) is 15.1. The highest BCUT2D eigenvalue weighted by Gasteiger charge is 2.33. The van der Waals surface area contributed by atoms with Crippen LogP contribution in [0.3, 0.4) is 0 Å². The highest BCUT2D eigenvalue weighted by Crippen LogP contribution is 2.37. The van der Waals surface area contributed by atoms with Crippen molar-refractivity contribution in [3.05, 3.63) is 53.3 Å². The van der Waals surface area contributed by atoms with Gasteiger partial charge in [-0.25, -0.2) is 18.4 Å². The third kappa shape index (κ3) is 7.12. The number of fused-ring (bicyclic) bond motifs is 1. The minimum absolute atomic E-state index is 0.0139. The van der Waals surface area contributed by atoms with Crippen LogP contribution in [0.1, 0.15) is 23.4 Å². The number of aromatic nitrogens is 2. The van der Waals surface area contributed by atoms with Gasteiger partial charge in [0.15, 0.2) is 39.3 Å². The Morgan fingerprint density at radius 3 is 2.42 bits per heavy atom. The highest BCUT2D eigenvalue weighted by molar-refractivity contribution is 7.92. The van der Waals surface area contributed by atoms with Gasteiger partial charge in [0.25, 0.3) is 0 Å². The van der Waals surface area contributed by atoms with Gasteiger partial charge in [-0.05, 0) is 37.4 Å². The Hall–Kier alpha value is -3.61. The molecule has 0 aliphatic carbocycles. The molecule has 0 fully saturated rings. The molecular weight excluding hydrogens is 534 g/mol. The molecule has 1 aromatic heterocycles. The van der Waals surface area contributed by atoms with E-state index in [9.17, 15) is 13.5 Å². The van der Waals surface area contributed by atoms with Crippen molar-refractivity contribution in [2.24, 2.45) is 5.10 Å². The van der Waals surface area contributed by atoms with Crippen molar-refractivity contribution in [1.29, 1.82) is 0 Å². The Balaban J connectivity index is 1.72. The summed E-state index contributed by atoms with van der Waals surface area (Å²) in [5.74, 6) is 1.19. The van der Waals surface area contributed by atoms with Crippen LogP contribution in [0.25, 0.3) is 11.0 Å². The number of sulfone groups is 1. The van der Waals surface area contributed by atoms with Crippen LogP contribution in [0.15, 0.2) is 41.5 Å². The number of para-hydroxylation sites is 2. The van der Waals surface area contributed by atoms with E-state index in [0.717, 1.165) is 6.54 Å². The van der Waals surface area contributed by atoms with E-state index in [1.807, 2.05) is 49.3 Å². The first kappa shape index (κ1) is 29.4. The van der Waals surface area contributed by atoms with E-state index in [-0.39, 0.29) is 25.4 Å². The second-order valence-electron chi connectivity index (χ2n) is 9.68. The summed E-state index contributed by atoms with van der Waals surface area (Å²) in [6, 6.07) is 10.9. The van der Waals surface area contributed by atoms with Crippen LogP contribution in [0.2, 0.25) is 0 Å². The number of nitrogens with zero attached hydrogens (tertiary/aromatic N) is 5. The number of methoxy groups -OCH3 is 2. The standard InChI is InChI=1S/C28H36N5O6S/c1-32(2)10-11-33-18-22(17-29-33)40(35,36)19-26-25(30-23-8-5-6-9-24(23)31-26)15-20-14-21(37-3)16-27(38-4)28(20)39-13-7-12-34/h5-6,8-9,14,16-18,22,34H,7,10-13,15,19H2,1-4H3/q+1. The Kier molecular flexibility index (Phi) is 9.67. The SMILES string of the molecule is COc1cc(Cc2nc3ccccc3nc2CS(=O)(=O)C2C=N[N+](CCN(C)C)=C2)c(OCCCO)c(OC)c1. The van der Waals surface area contributed by atoms with Gasteiger partial charge in [-0.1, -0.05) is 16.8 Å². The largest absolute Gasteiger partial charge is 0.497 e. The van der Waals surface area contributed by atoms with Gasteiger partial charge in [0.05, 0.1) is 61.8 Å². The van der Waals surface area contributed by atoms with Crippen molar-refractivity contribution in [1.82, 2.24) is 14.9 Å². The zero-order valence-corrected chi connectivity index (χ0v) is 24.1. The van der Waals surface area contributed by atoms with Crippen LogP contribution in [0.4, 0.5) is 0 Å². The van der Waals surface area contributed by atoms with E-state index in [0.29, 0.717) is 58.2 Å². The summed E-state index contributed by atoms with van der Waals surface area (Å²) >= 11 is 0. The van der Waals surface area contributed by atoms with Crippen molar-refractivity contribution in [2.75, 3.05) is 54.6 Å². The maximum Gasteiger partial charge on any atom is 0.196 e. The maximum absolute atomic E-state index is 13.6. The number of hydrogen-bond donors (Lipinski definition) is 1. The fraction of sp³-hybridized carbons (Fsp3) is 0.429. The molecule has 2 heterocycles. The van der Waals surface area contributed by atoms with Crippen molar-refractivity contribution in [2.45, 2.75) is 23.8 Å². The van der Waals surface area contributed by atoms with Crippen LogP contribution in [-0.4, -0.2) is 105 Å². The van der Waals surface area contributed by atoms with Crippen LogP contribution < -0.4 is 14.2 Å². The number of benzene rings is 2. The number of rotatable bonds is 14. The number of ether oxygens (including phenoxy) is 3. The second kappa shape index (κ2) is 13.2. The lowest BCUT2D eigenvalue weighted by atomic mass is 10.1. The van der Waals surface area contributed by atoms with Gasteiger partial charge in [-0.2, -0.15) is 0 Å². The van der Waals surface area contributed by atoms with Crippen LogP contribution in [-0.2, 0) is 22.0 Å². The van der Waals surface area contributed by atoms with E-state index in [4.69, 9.17) is 24.2 Å². The first-order valence-electron chi connectivity index (χ1n) is 13.0. The fourth-order valence-corrected chi connectivity index (χ4v) is 5.62. The van der Waals surface area contributed by atoms with Gasteiger partial charge in [0.2, 0.25) is 0 Å². The second-order valence-corrected chi connectivity index (χ2v) is 11.8. The van der Waals surface area contributed by atoms with Crippen molar-refractivity contribution in [3.63, 3.8) is 0 Å². The van der Waals surface area contributed by atoms with Gasteiger partial charge in [0, 0.05) is 31.1 Å². The molecule has 1 N–H and O–H groups in total. The number of aliphatic hydroxyl groups is 1. The van der Waals surface area contributed by atoms with E-state index in [1.54, 1.807) is 24.1 Å². The van der Waals surface area contributed by atoms with Crippen LogP contribution in [0, 0.1) is 0 Å². The molecule has 3 aromatic rings. The molecule has 4 rings (SSSR count). The molecule has 1 aliphatic rings. The van der Waals surface area contributed by atoms with Gasteiger partial charge in [0.1, 0.15) is 5.75 Å². The van der Waals surface area contributed by atoms with Crippen LogP contribution >= 0.6 is 0 Å². The molecule has 1 atom stereocenters. The van der Waals surface area contributed by atoms with Crippen molar-refractivity contribution in [3.8, 4) is 17.2 Å². The topological polar surface area (TPSA) is 126 Å². The van der Waals surface area contributed by atoms with Crippen molar-refractivity contribution >= 4 is 33.3 Å². The Morgan fingerprint density at radius 2 is 1.77 bits per heavy atom. The van der Waals surface area contributed by atoms with Crippen LogP contribution in [0.5, 0.6) is 17.2 Å². The van der Waals surface area contributed by atoms with E-state index >= 15 is 0 Å². The van der Waals surface area contributed by atoms with Gasteiger partial charge in [-0.15, -0.1) is 0 Å². The van der Waals surface area contributed by atoms with E-state index < -0.39 is 15.1 Å². The Morgan fingerprint density at radius 1 is 1.05 bits per heavy atom. The fourth-order valence-electron chi connectivity index (χ4n) is 4.25. The molecule has 0 saturated heterocycles. The molecule has 0 spiro atoms. The molecule has 0 saturated carbocycles. The minimum Gasteiger partial charge on any atom is -0.497 e. The summed E-state index contributed by atoms with van der Waals surface area (Å²) in [6.07, 6.45) is 3.76. The molecule has 0 amide bonds. The molecule has 214 valence electrons. The molecule has 1 aliphatic heterocycles. The third-order valence-electron chi connectivity index (χ3n) is 6.40. The summed E-state index contributed by atoms with van der Waals surface area (Å²) in [4.78, 5) is 11.6. The number of hydrazone groups is 1. The smallest absolute Gasteiger partial charge is 0.196 e. The summed E-state index contributed by atoms with van der Waals surface area (Å²) in [7, 11) is 3.30. The number of hydrogen-bond acceptors (Lipinski definition) is 10. The van der Waals surface area contributed by atoms with E-state index in [1.165, 1.54) is 13.3 Å². The first-order chi connectivity index (χ1) is 19.2. The minimum atomic E-state index is -3.69. The first-order valence-corrected chi connectivity index (χ1v) is 14.7. The third-order valence-corrected chi connectivity index (χ3v) is 8.15. The van der Waals surface area contributed by atoms with Crippen molar-refractivity contribution < 1.29 is 32.4 Å². The van der Waals surface area contributed by atoms with Gasteiger partial charge >= 0.3 is 0 Å². The molecule has 40 heavy (non-hydrogen) atoms. The summed E-state index contributed by atoms with van der Waals surface area (Å²) < 4.78 is 45.8. The quantitative estimate of drug-likeness (QED) is 0.229. The molecule has 11 nitrogen and oxygen atoms in total. The molecule has 0 radical (unpaired) electrons. The molecular formula is C28H36N5O6S+. The average Bonchev–Trinajstić information content (AvgIpc) is 3.43. The number of likely N-dealkylation sites (N-methyl/N-ethyl adjacent to an activating group) is 1. The lowest BCUT2D eigenvalue weighted by Crippen LogP contribution is -2.27. The summed E-state index contributed by atoms with van der Waals surface area (Å²) in [5.41, 5.74) is 2.82. The monoisotopic (exact) mass is 570 g/mol. The average molecular weight is 571 g/mol. The molecule has 0 bridgehead atoms. The molecule has 12 heteroatoms.